The molecule has 0 unspecified atom stereocenters. The minimum atomic E-state index is -0.459. The molecule has 1 N–H and O–H groups in total. The minimum absolute atomic E-state index is 0.206. The van der Waals surface area contributed by atoms with Crippen LogP contribution in [0.15, 0.2) is 57.7 Å². The Hall–Kier alpha value is -3.74. The highest BCUT2D eigenvalue weighted by atomic mass is 16.7. The van der Waals surface area contributed by atoms with E-state index in [1.165, 1.54) is 0 Å². The fraction of sp³-hybridized carbons (Fsp3) is 0.143. The molecule has 0 aliphatic carbocycles. The van der Waals surface area contributed by atoms with Gasteiger partial charge in [-0.2, -0.15) is 0 Å². The van der Waals surface area contributed by atoms with Crippen molar-refractivity contribution in [1.82, 2.24) is 9.88 Å². The second-order valence-corrected chi connectivity index (χ2v) is 6.61. The summed E-state index contributed by atoms with van der Waals surface area (Å²) in [6.07, 6.45) is 0. The van der Waals surface area contributed by atoms with Crippen LogP contribution in [0, 0.1) is 0 Å². The van der Waals surface area contributed by atoms with E-state index in [4.69, 9.17) is 13.9 Å². The second-order valence-electron chi connectivity index (χ2n) is 6.61. The number of aromatic nitrogens is 1. The maximum atomic E-state index is 12.8. The lowest BCUT2D eigenvalue weighted by atomic mass is 10.2. The van der Waals surface area contributed by atoms with Gasteiger partial charge in [0.1, 0.15) is 11.3 Å². The highest BCUT2D eigenvalue weighted by molar-refractivity contribution is 6.07. The number of ether oxygens (including phenoxy) is 2. The molecule has 7 heteroatoms. The number of para-hydroxylation sites is 1. The van der Waals surface area contributed by atoms with Crippen LogP contribution in [-0.4, -0.2) is 17.3 Å². The SMILES string of the molecule is Cn1c(C(=O)NCc2ccc3c(c2)OCO3)cc2c(=O)oc3ccccc3c21. The molecule has 1 aliphatic rings. The Balaban J connectivity index is 1.48. The van der Waals surface area contributed by atoms with E-state index < -0.39 is 5.63 Å². The van der Waals surface area contributed by atoms with Gasteiger partial charge in [0.05, 0.1) is 10.9 Å². The van der Waals surface area contributed by atoms with Gasteiger partial charge in [0, 0.05) is 19.0 Å². The lowest BCUT2D eigenvalue weighted by Gasteiger charge is -2.08. The van der Waals surface area contributed by atoms with E-state index in [1.54, 1.807) is 29.8 Å². The molecule has 1 amide bonds. The third kappa shape index (κ3) is 2.51. The van der Waals surface area contributed by atoms with Crippen LogP contribution in [0.5, 0.6) is 11.5 Å². The molecule has 1 aliphatic heterocycles. The number of fused-ring (bicyclic) bond motifs is 4. The van der Waals surface area contributed by atoms with Crippen LogP contribution in [0.25, 0.3) is 21.9 Å². The molecule has 0 radical (unpaired) electrons. The van der Waals surface area contributed by atoms with Crippen molar-refractivity contribution in [3.63, 3.8) is 0 Å². The molecule has 0 atom stereocenters. The largest absolute Gasteiger partial charge is 0.454 e. The molecule has 0 bridgehead atoms. The Morgan fingerprint density at radius 2 is 1.89 bits per heavy atom. The van der Waals surface area contributed by atoms with Crippen molar-refractivity contribution in [3.05, 3.63) is 70.2 Å². The van der Waals surface area contributed by atoms with Gasteiger partial charge in [-0.3, -0.25) is 4.79 Å². The smallest absolute Gasteiger partial charge is 0.345 e. The molecule has 28 heavy (non-hydrogen) atoms. The molecule has 0 spiro atoms. The molecule has 0 saturated carbocycles. The maximum Gasteiger partial charge on any atom is 0.345 e. The number of nitrogens with one attached hydrogen (secondary N) is 1. The number of rotatable bonds is 3. The highest BCUT2D eigenvalue weighted by Crippen LogP contribution is 2.32. The van der Waals surface area contributed by atoms with Gasteiger partial charge in [-0.25, -0.2) is 4.79 Å². The van der Waals surface area contributed by atoms with E-state index in [1.807, 2.05) is 30.3 Å². The average molecular weight is 376 g/mol. The van der Waals surface area contributed by atoms with Crippen molar-refractivity contribution in [2.24, 2.45) is 7.05 Å². The van der Waals surface area contributed by atoms with Gasteiger partial charge in [-0.1, -0.05) is 18.2 Å². The summed E-state index contributed by atoms with van der Waals surface area (Å²) >= 11 is 0. The van der Waals surface area contributed by atoms with Crippen LogP contribution < -0.4 is 20.4 Å². The second kappa shape index (κ2) is 6.16. The molecular formula is C21H16N2O5. The maximum absolute atomic E-state index is 12.8. The summed E-state index contributed by atoms with van der Waals surface area (Å²) in [5, 5.41) is 4.06. The van der Waals surface area contributed by atoms with Crippen LogP contribution in [0.1, 0.15) is 16.1 Å². The fourth-order valence-corrected chi connectivity index (χ4v) is 3.53. The summed E-state index contributed by atoms with van der Waals surface area (Å²) in [5.74, 6) is 1.09. The summed E-state index contributed by atoms with van der Waals surface area (Å²) in [4.78, 5) is 25.1. The van der Waals surface area contributed by atoms with Gasteiger partial charge in [0.2, 0.25) is 6.79 Å². The average Bonchev–Trinajstić information content (AvgIpc) is 3.31. The van der Waals surface area contributed by atoms with Crippen LogP contribution in [-0.2, 0) is 13.6 Å². The highest BCUT2D eigenvalue weighted by Gasteiger charge is 2.19. The number of carbonyl (C=O) groups excluding carboxylic acids is 1. The summed E-state index contributed by atoms with van der Waals surface area (Å²) in [5.41, 5.74) is 1.99. The normalized spacial score (nSPS) is 12.6. The Kier molecular flexibility index (Phi) is 3.61. The first-order valence-electron chi connectivity index (χ1n) is 8.80. The molecule has 3 heterocycles. The lowest BCUT2D eigenvalue weighted by Crippen LogP contribution is -2.24. The molecular weight excluding hydrogens is 360 g/mol. The molecule has 140 valence electrons. The van der Waals surface area contributed by atoms with Crippen LogP contribution in [0.2, 0.25) is 0 Å². The first kappa shape index (κ1) is 16.4. The van der Waals surface area contributed by atoms with Crippen molar-refractivity contribution in [1.29, 1.82) is 0 Å². The van der Waals surface area contributed by atoms with Crippen molar-refractivity contribution in [2.75, 3.05) is 6.79 Å². The third-order valence-corrected chi connectivity index (χ3v) is 4.92. The zero-order valence-electron chi connectivity index (χ0n) is 15.0. The number of benzene rings is 2. The van der Waals surface area contributed by atoms with E-state index >= 15 is 0 Å². The molecule has 5 rings (SSSR count). The Morgan fingerprint density at radius 1 is 1.07 bits per heavy atom. The zero-order chi connectivity index (χ0) is 19.3. The Labute approximate surface area is 159 Å². The first-order valence-corrected chi connectivity index (χ1v) is 8.80. The predicted molar refractivity (Wildman–Crippen MR) is 103 cm³/mol. The molecule has 0 saturated heterocycles. The molecule has 2 aromatic heterocycles. The van der Waals surface area contributed by atoms with Gasteiger partial charge < -0.3 is 23.8 Å². The van der Waals surface area contributed by atoms with E-state index in [0.29, 0.717) is 40.2 Å². The number of nitrogens with zero attached hydrogens (tertiary/aromatic N) is 1. The lowest BCUT2D eigenvalue weighted by molar-refractivity contribution is 0.0943. The van der Waals surface area contributed by atoms with Gasteiger partial charge in [-0.15, -0.1) is 0 Å². The number of hydrogen-bond acceptors (Lipinski definition) is 5. The molecule has 2 aromatic carbocycles. The van der Waals surface area contributed by atoms with Gasteiger partial charge >= 0.3 is 5.63 Å². The van der Waals surface area contributed by atoms with Crippen molar-refractivity contribution < 1.29 is 18.7 Å². The summed E-state index contributed by atoms with van der Waals surface area (Å²) in [7, 11) is 1.77. The molecule has 0 fully saturated rings. The number of carbonyl (C=O) groups is 1. The predicted octanol–water partition coefficient (Wildman–Crippen LogP) is 2.94. The van der Waals surface area contributed by atoms with E-state index in [0.717, 1.165) is 10.9 Å². The van der Waals surface area contributed by atoms with Gasteiger partial charge in [0.15, 0.2) is 11.5 Å². The number of amides is 1. The Bertz CT molecular complexity index is 1300. The van der Waals surface area contributed by atoms with Crippen LogP contribution in [0.3, 0.4) is 0 Å². The minimum Gasteiger partial charge on any atom is -0.454 e. The Morgan fingerprint density at radius 3 is 2.79 bits per heavy atom. The van der Waals surface area contributed by atoms with E-state index in [2.05, 4.69) is 5.32 Å². The number of aryl methyl sites for hydroxylation is 1. The summed E-state index contributed by atoms with van der Waals surface area (Å²) in [6.45, 7) is 0.532. The third-order valence-electron chi connectivity index (χ3n) is 4.92. The standard InChI is InChI=1S/C21H16N2O5/c1-23-15(9-14-19(23)13-4-2-3-5-16(13)28-21(14)25)20(24)22-10-12-6-7-17-18(8-12)27-11-26-17/h2-9H,10-11H2,1H3,(H,22,24). The van der Waals surface area contributed by atoms with Crippen molar-refractivity contribution in [3.8, 4) is 11.5 Å². The van der Waals surface area contributed by atoms with Crippen molar-refractivity contribution >= 4 is 27.8 Å². The number of hydrogen-bond donors (Lipinski definition) is 1. The van der Waals surface area contributed by atoms with Crippen LogP contribution in [0.4, 0.5) is 0 Å². The van der Waals surface area contributed by atoms with E-state index in [-0.39, 0.29) is 12.7 Å². The zero-order valence-corrected chi connectivity index (χ0v) is 15.0. The van der Waals surface area contributed by atoms with Gasteiger partial charge in [0.25, 0.3) is 5.91 Å². The topological polar surface area (TPSA) is 82.7 Å². The quantitative estimate of drug-likeness (QED) is 0.556. The molecule has 7 nitrogen and oxygen atoms in total. The first-order chi connectivity index (χ1) is 13.6. The molecule has 4 aromatic rings. The van der Waals surface area contributed by atoms with Gasteiger partial charge in [-0.05, 0) is 35.9 Å². The van der Waals surface area contributed by atoms with Crippen molar-refractivity contribution in [2.45, 2.75) is 6.54 Å². The van der Waals surface area contributed by atoms with E-state index in [9.17, 15) is 9.59 Å². The summed E-state index contributed by atoms with van der Waals surface area (Å²) < 4.78 is 17.7. The summed E-state index contributed by atoms with van der Waals surface area (Å²) in [6, 6.07) is 14.4. The fourth-order valence-electron chi connectivity index (χ4n) is 3.53. The monoisotopic (exact) mass is 376 g/mol. The van der Waals surface area contributed by atoms with Crippen LogP contribution >= 0.6 is 0 Å².